The summed E-state index contributed by atoms with van der Waals surface area (Å²) in [5.74, 6) is 2.08. The second-order valence-electron chi connectivity index (χ2n) is 7.44. The monoisotopic (exact) mass is 520 g/mol. The Kier molecular flexibility index (Phi) is 13.5. The summed E-state index contributed by atoms with van der Waals surface area (Å²) in [5.41, 5.74) is 0.939. The fourth-order valence-corrected chi connectivity index (χ4v) is 2.59. The predicted octanol–water partition coefficient (Wildman–Crippen LogP) is 3.11. The van der Waals surface area contributed by atoms with Crippen LogP contribution in [-0.2, 0) is 11.2 Å². The van der Waals surface area contributed by atoms with Gasteiger partial charge in [-0.1, -0.05) is 6.07 Å². The summed E-state index contributed by atoms with van der Waals surface area (Å²) in [6.45, 7) is 12.0. The normalized spacial score (nSPS) is 11.3. The number of methoxy groups -OCH3 is 1. The number of carbonyl (C=O) groups excluding carboxylic acids is 1. The molecule has 0 aliphatic rings. The highest BCUT2D eigenvalue weighted by molar-refractivity contribution is 14.0. The molecule has 0 saturated heterocycles. The SMILES string of the molecule is CCNC(=NCC(=O)NC(C)(C)C)NCCCc1ccc(OC)c(OCC)c1.I. The van der Waals surface area contributed by atoms with Crippen LogP contribution in [0.3, 0.4) is 0 Å². The predicted molar refractivity (Wildman–Crippen MR) is 130 cm³/mol. The number of nitrogens with one attached hydrogen (secondary N) is 3. The number of hydrogen-bond acceptors (Lipinski definition) is 4. The molecule has 29 heavy (non-hydrogen) atoms. The first kappa shape index (κ1) is 27.3. The molecule has 1 rings (SSSR count). The molecule has 1 aromatic carbocycles. The molecule has 0 fully saturated rings. The van der Waals surface area contributed by atoms with Crippen molar-refractivity contribution in [1.29, 1.82) is 0 Å². The Morgan fingerprint density at radius 3 is 2.45 bits per heavy atom. The molecule has 1 amide bonds. The zero-order valence-corrected chi connectivity index (χ0v) is 20.9. The van der Waals surface area contributed by atoms with Gasteiger partial charge in [0.15, 0.2) is 17.5 Å². The van der Waals surface area contributed by atoms with Crippen LogP contribution in [0, 0.1) is 0 Å². The van der Waals surface area contributed by atoms with E-state index in [0.717, 1.165) is 37.4 Å². The maximum absolute atomic E-state index is 11.9. The number of halogens is 1. The Hall–Kier alpha value is -1.71. The lowest BCUT2D eigenvalue weighted by molar-refractivity contribution is -0.121. The molecule has 8 heteroatoms. The number of aliphatic imine (C=N–C) groups is 1. The highest BCUT2D eigenvalue weighted by Gasteiger charge is 2.13. The molecule has 0 radical (unpaired) electrons. The largest absolute Gasteiger partial charge is 0.493 e. The Morgan fingerprint density at radius 2 is 1.86 bits per heavy atom. The van der Waals surface area contributed by atoms with Gasteiger partial charge < -0.3 is 25.4 Å². The molecule has 166 valence electrons. The smallest absolute Gasteiger partial charge is 0.242 e. The molecule has 0 aromatic heterocycles. The second kappa shape index (κ2) is 14.3. The van der Waals surface area contributed by atoms with E-state index in [4.69, 9.17) is 9.47 Å². The van der Waals surface area contributed by atoms with Crippen LogP contribution in [0.4, 0.5) is 0 Å². The van der Waals surface area contributed by atoms with Gasteiger partial charge in [0.25, 0.3) is 0 Å². The topological polar surface area (TPSA) is 84.0 Å². The second-order valence-corrected chi connectivity index (χ2v) is 7.44. The summed E-state index contributed by atoms with van der Waals surface area (Å²) in [6, 6.07) is 6.02. The zero-order valence-electron chi connectivity index (χ0n) is 18.6. The van der Waals surface area contributed by atoms with Crippen LogP contribution in [0.25, 0.3) is 0 Å². The van der Waals surface area contributed by atoms with Crippen molar-refractivity contribution in [2.45, 2.75) is 53.0 Å². The third-order valence-corrected chi connectivity index (χ3v) is 3.70. The molecular weight excluding hydrogens is 483 g/mol. The molecule has 7 nitrogen and oxygen atoms in total. The Balaban J connectivity index is 0.00000784. The van der Waals surface area contributed by atoms with E-state index in [1.54, 1.807) is 7.11 Å². The minimum absolute atomic E-state index is 0. The lowest BCUT2D eigenvalue weighted by Crippen LogP contribution is -2.43. The van der Waals surface area contributed by atoms with Crippen molar-refractivity contribution in [3.05, 3.63) is 23.8 Å². The standard InChI is InChI=1S/C21H36N4O3.HI/c1-7-22-20(24-15-19(26)25-21(3,4)5)23-13-9-10-16-11-12-17(27-6)18(14-16)28-8-2;/h11-12,14H,7-10,13,15H2,1-6H3,(H,25,26)(H2,22,23,24);1H. The van der Waals surface area contributed by atoms with Crippen molar-refractivity contribution in [3.8, 4) is 11.5 Å². The number of carbonyl (C=O) groups is 1. The van der Waals surface area contributed by atoms with Crippen molar-refractivity contribution in [2.75, 3.05) is 33.4 Å². The highest BCUT2D eigenvalue weighted by Crippen LogP contribution is 2.28. The van der Waals surface area contributed by atoms with E-state index in [1.807, 2.05) is 46.8 Å². The van der Waals surface area contributed by atoms with E-state index in [1.165, 1.54) is 5.56 Å². The van der Waals surface area contributed by atoms with Gasteiger partial charge in [0.1, 0.15) is 6.54 Å². The van der Waals surface area contributed by atoms with E-state index >= 15 is 0 Å². The molecule has 1 aromatic rings. The summed E-state index contributed by atoms with van der Waals surface area (Å²) in [5, 5.41) is 9.34. The minimum atomic E-state index is -0.253. The van der Waals surface area contributed by atoms with Gasteiger partial charge in [-0.05, 0) is 65.2 Å². The quantitative estimate of drug-likeness (QED) is 0.191. The van der Waals surface area contributed by atoms with Crippen LogP contribution in [0.1, 0.15) is 46.6 Å². The third-order valence-electron chi connectivity index (χ3n) is 3.70. The number of aryl methyl sites for hydroxylation is 1. The first-order chi connectivity index (χ1) is 13.3. The maximum Gasteiger partial charge on any atom is 0.242 e. The van der Waals surface area contributed by atoms with E-state index < -0.39 is 0 Å². The molecule has 3 N–H and O–H groups in total. The fourth-order valence-electron chi connectivity index (χ4n) is 2.59. The molecular formula is C21H37IN4O3. The average Bonchev–Trinajstić information content (AvgIpc) is 2.62. The molecule has 0 aliphatic heterocycles. The average molecular weight is 520 g/mol. The number of benzene rings is 1. The van der Waals surface area contributed by atoms with Crippen LogP contribution < -0.4 is 25.4 Å². The van der Waals surface area contributed by atoms with E-state index in [2.05, 4.69) is 27.0 Å². The Bertz CT molecular complexity index is 645. The summed E-state index contributed by atoms with van der Waals surface area (Å²) >= 11 is 0. The number of amides is 1. The Labute approximate surface area is 192 Å². The molecule has 0 bridgehead atoms. The van der Waals surface area contributed by atoms with Crippen LogP contribution in [0.2, 0.25) is 0 Å². The first-order valence-corrected chi connectivity index (χ1v) is 9.92. The van der Waals surface area contributed by atoms with Gasteiger partial charge in [-0.25, -0.2) is 4.99 Å². The van der Waals surface area contributed by atoms with Gasteiger partial charge in [-0.2, -0.15) is 0 Å². The summed E-state index contributed by atoms with van der Waals surface area (Å²) < 4.78 is 10.9. The number of guanidine groups is 1. The zero-order chi connectivity index (χ0) is 21.0. The number of hydrogen-bond donors (Lipinski definition) is 3. The number of rotatable bonds is 10. The van der Waals surface area contributed by atoms with Crippen molar-refractivity contribution < 1.29 is 14.3 Å². The maximum atomic E-state index is 11.9. The van der Waals surface area contributed by atoms with Crippen LogP contribution in [0.5, 0.6) is 11.5 Å². The van der Waals surface area contributed by atoms with Gasteiger partial charge in [-0.15, -0.1) is 24.0 Å². The van der Waals surface area contributed by atoms with E-state index in [-0.39, 0.29) is 42.0 Å². The molecule has 0 spiro atoms. The van der Waals surface area contributed by atoms with Gasteiger partial charge in [-0.3, -0.25) is 4.79 Å². The van der Waals surface area contributed by atoms with Crippen molar-refractivity contribution >= 4 is 35.8 Å². The first-order valence-electron chi connectivity index (χ1n) is 9.92. The van der Waals surface area contributed by atoms with E-state index in [0.29, 0.717) is 12.6 Å². The van der Waals surface area contributed by atoms with Crippen LogP contribution in [0.15, 0.2) is 23.2 Å². The van der Waals surface area contributed by atoms with Crippen molar-refractivity contribution in [3.63, 3.8) is 0 Å². The molecule has 0 aliphatic carbocycles. The summed E-state index contributed by atoms with van der Waals surface area (Å²) in [4.78, 5) is 16.3. The minimum Gasteiger partial charge on any atom is -0.493 e. The van der Waals surface area contributed by atoms with Gasteiger partial charge in [0.05, 0.1) is 13.7 Å². The molecule has 0 saturated carbocycles. The van der Waals surface area contributed by atoms with Crippen LogP contribution in [-0.4, -0.2) is 50.8 Å². The lowest BCUT2D eigenvalue weighted by atomic mass is 10.1. The molecule has 0 atom stereocenters. The van der Waals surface area contributed by atoms with Crippen molar-refractivity contribution in [2.24, 2.45) is 4.99 Å². The summed E-state index contributed by atoms with van der Waals surface area (Å²) in [7, 11) is 1.64. The molecule has 0 heterocycles. The van der Waals surface area contributed by atoms with Gasteiger partial charge in [0, 0.05) is 18.6 Å². The van der Waals surface area contributed by atoms with Crippen molar-refractivity contribution in [1.82, 2.24) is 16.0 Å². The van der Waals surface area contributed by atoms with Gasteiger partial charge >= 0.3 is 0 Å². The molecule has 0 unspecified atom stereocenters. The third kappa shape index (κ3) is 11.8. The highest BCUT2D eigenvalue weighted by atomic mass is 127. The van der Waals surface area contributed by atoms with E-state index in [9.17, 15) is 4.79 Å². The number of ether oxygens (including phenoxy) is 2. The van der Waals surface area contributed by atoms with Crippen LogP contribution >= 0.6 is 24.0 Å². The fraction of sp³-hybridized carbons (Fsp3) is 0.619. The van der Waals surface area contributed by atoms with Gasteiger partial charge in [0.2, 0.25) is 5.91 Å². The number of nitrogens with zero attached hydrogens (tertiary/aromatic N) is 1. The summed E-state index contributed by atoms with van der Waals surface area (Å²) in [6.07, 6.45) is 1.83. The lowest BCUT2D eigenvalue weighted by Gasteiger charge is -2.20. The Morgan fingerprint density at radius 1 is 1.14 bits per heavy atom.